The normalized spacial score (nSPS) is 10.5. The van der Waals surface area contributed by atoms with E-state index in [0.717, 1.165) is 0 Å². The molecule has 0 aromatic heterocycles. The summed E-state index contributed by atoms with van der Waals surface area (Å²) in [6.07, 6.45) is 0. The Bertz CT molecular complexity index is 562. The highest BCUT2D eigenvalue weighted by Crippen LogP contribution is 2.39. The summed E-state index contributed by atoms with van der Waals surface area (Å²) in [7, 11) is 4.43. The van der Waals surface area contributed by atoms with Gasteiger partial charge in [0.15, 0.2) is 11.5 Å². The van der Waals surface area contributed by atoms with Crippen LogP contribution in [0.5, 0.6) is 17.2 Å². The second-order valence-electron chi connectivity index (χ2n) is 5.06. The zero-order chi connectivity index (χ0) is 16.0. The van der Waals surface area contributed by atoms with Crippen molar-refractivity contribution in [1.82, 2.24) is 5.32 Å². The minimum atomic E-state index is -0.639. The van der Waals surface area contributed by atoms with Crippen molar-refractivity contribution >= 4 is 5.91 Å². The van der Waals surface area contributed by atoms with Crippen molar-refractivity contribution < 1.29 is 19.0 Å². The van der Waals surface area contributed by atoms with Gasteiger partial charge in [0.05, 0.1) is 38.4 Å². The van der Waals surface area contributed by atoms with Gasteiger partial charge in [-0.25, -0.2) is 0 Å². The lowest BCUT2D eigenvalue weighted by atomic mass is 9.96. The first-order valence-corrected chi connectivity index (χ1v) is 6.38. The first-order chi connectivity index (χ1) is 9.90. The number of hydrogen-bond donors (Lipinski definition) is 1. The van der Waals surface area contributed by atoms with Gasteiger partial charge in [-0.2, -0.15) is 5.26 Å². The molecule has 114 valence electrons. The molecule has 1 aromatic carbocycles. The average Bonchev–Trinajstić information content (AvgIpc) is 2.50. The number of methoxy groups -OCH3 is 3. The Morgan fingerprint density at radius 1 is 1.19 bits per heavy atom. The molecule has 21 heavy (non-hydrogen) atoms. The SMILES string of the molecule is COc1ccc(C(=O)NCC(C)(C)C#N)c(OC)c1OC. The third-order valence-electron chi connectivity index (χ3n) is 2.94. The predicted octanol–water partition coefficient (Wildman–Crippen LogP) is 1.99. The van der Waals surface area contributed by atoms with E-state index in [9.17, 15) is 4.79 Å². The molecule has 0 atom stereocenters. The van der Waals surface area contributed by atoms with Crippen molar-refractivity contribution in [3.05, 3.63) is 17.7 Å². The van der Waals surface area contributed by atoms with Crippen LogP contribution >= 0.6 is 0 Å². The topological polar surface area (TPSA) is 80.6 Å². The van der Waals surface area contributed by atoms with Crippen LogP contribution in [0.25, 0.3) is 0 Å². The summed E-state index contributed by atoms with van der Waals surface area (Å²) in [6, 6.07) is 5.35. The van der Waals surface area contributed by atoms with E-state index < -0.39 is 5.41 Å². The Hall–Kier alpha value is -2.42. The second kappa shape index (κ2) is 6.84. The fourth-order valence-corrected chi connectivity index (χ4v) is 1.72. The number of benzene rings is 1. The third-order valence-corrected chi connectivity index (χ3v) is 2.94. The Morgan fingerprint density at radius 3 is 2.29 bits per heavy atom. The molecule has 0 spiro atoms. The highest BCUT2D eigenvalue weighted by atomic mass is 16.5. The van der Waals surface area contributed by atoms with Crippen molar-refractivity contribution in [3.63, 3.8) is 0 Å². The van der Waals surface area contributed by atoms with E-state index >= 15 is 0 Å². The van der Waals surface area contributed by atoms with Crippen LogP contribution in [-0.2, 0) is 0 Å². The van der Waals surface area contributed by atoms with Crippen LogP contribution in [0.3, 0.4) is 0 Å². The van der Waals surface area contributed by atoms with Gasteiger partial charge in [0.2, 0.25) is 5.75 Å². The predicted molar refractivity (Wildman–Crippen MR) is 77.8 cm³/mol. The Kier molecular flexibility index (Phi) is 5.42. The van der Waals surface area contributed by atoms with E-state index in [1.807, 2.05) is 0 Å². The van der Waals surface area contributed by atoms with Gasteiger partial charge in [0.1, 0.15) is 0 Å². The Morgan fingerprint density at radius 2 is 1.81 bits per heavy atom. The molecule has 0 saturated heterocycles. The molecule has 6 nitrogen and oxygen atoms in total. The molecule has 1 amide bonds. The lowest BCUT2D eigenvalue weighted by molar-refractivity contribution is 0.0940. The quantitative estimate of drug-likeness (QED) is 0.867. The summed E-state index contributed by atoms with van der Waals surface area (Å²) < 4.78 is 15.7. The maximum absolute atomic E-state index is 12.3. The van der Waals surface area contributed by atoms with E-state index in [2.05, 4.69) is 11.4 Å². The molecular formula is C15H20N2O4. The minimum Gasteiger partial charge on any atom is -0.493 e. The summed E-state index contributed by atoms with van der Waals surface area (Å²) >= 11 is 0. The van der Waals surface area contributed by atoms with Gasteiger partial charge in [-0.05, 0) is 26.0 Å². The number of carbonyl (C=O) groups is 1. The van der Waals surface area contributed by atoms with Gasteiger partial charge in [-0.3, -0.25) is 4.79 Å². The van der Waals surface area contributed by atoms with Crippen LogP contribution in [0.15, 0.2) is 12.1 Å². The Balaban J connectivity index is 3.08. The number of nitrogens with zero attached hydrogens (tertiary/aromatic N) is 1. The van der Waals surface area contributed by atoms with Gasteiger partial charge in [0.25, 0.3) is 5.91 Å². The summed E-state index contributed by atoms with van der Waals surface area (Å²) in [5.74, 6) is 0.788. The fraction of sp³-hybridized carbons (Fsp3) is 0.467. The number of hydrogen-bond acceptors (Lipinski definition) is 5. The van der Waals surface area contributed by atoms with Gasteiger partial charge >= 0.3 is 0 Å². The van der Waals surface area contributed by atoms with Crippen LogP contribution in [-0.4, -0.2) is 33.8 Å². The highest BCUT2D eigenvalue weighted by molar-refractivity contribution is 5.98. The Labute approximate surface area is 124 Å². The number of nitriles is 1. The molecule has 0 saturated carbocycles. The first-order valence-electron chi connectivity index (χ1n) is 6.38. The van der Waals surface area contributed by atoms with Crippen molar-refractivity contribution in [2.45, 2.75) is 13.8 Å². The molecule has 1 N–H and O–H groups in total. The number of carbonyl (C=O) groups excluding carboxylic acids is 1. The molecule has 0 bridgehead atoms. The maximum Gasteiger partial charge on any atom is 0.255 e. The first kappa shape index (κ1) is 16.6. The van der Waals surface area contributed by atoms with E-state index in [1.54, 1.807) is 26.0 Å². The van der Waals surface area contributed by atoms with Crippen molar-refractivity contribution in [3.8, 4) is 23.3 Å². The second-order valence-corrected chi connectivity index (χ2v) is 5.06. The molecular weight excluding hydrogens is 272 g/mol. The molecule has 0 heterocycles. The molecule has 0 radical (unpaired) electrons. The molecule has 0 unspecified atom stereocenters. The summed E-state index contributed by atoms with van der Waals surface area (Å²) in [6.45, 7) is 3.73. The molecule has 0 aliphatic heterocycles. The van der Waals surface area contributed by atoms with Crippen molar-refractivity contribution in [2.75, 3.05) is 27.9 Å². The number of ether oxygens (including phenoxy) is 3. The molecule has 1 aromatic rings. The minimum absolute atomic E-state index is 0.236. The molecule has 0 aliphatic carbocycles. The summed E-state index contributed by atoms with van der Waals surface area (Å²) in [4.78, 5) is 12.3. The summed E-state index contributed by atoms with van der Waals surface area (Å²) in [5.41, 5.74) is -0.316. The lowest BCUT2D eigenvalue weighted by Crippen LogP contribution is -2.33. The lowest BCUT2D eigenvalue weighted by Gasteiger charge is -2.18. The van der Waals surface area contributed by atoms with Crippen LogP contribution < -0.4 is 19.5 Å². The largest absolute Gasteiger partial charge is 0.493 e. The van der Waals surface area contributed by atoms with E-state index in [0.29, 0.717) is 22.8 Å². The van der Waals surface area contributed by atoms with Crippen LogP contribution in [0.1, 0.15) is 24.2 Å². The zero-order valence-electron chi connectivity index (χ0n) is 12.9. The van der Waals surface area contributed by atoms with Gasteiger partial charge in [-0.15, -0.1) is 0 Å². The third kappa shape index (κ3) is 3.78. The van der Waals surface area contributed by atoms with E-state index in [1.165, 1.54) is 21.3 Å². The number of rotatable bonds is 6. The standard InChI is InChI=1S/C15H20N2O4/c1-15(2,8-16)9-17-14(18)10-6-7-11(19-3)13(21-5)12(10)20-4/h6-7H,9H2,1-5H3,(H,17,18). The van der Waals surface area contributed by atoms with Crippen LogP contribution in [0.4, 0.5) is 0 Å². The van der Waals surface area contributed by atoms with E-state index in [4.69, 9.17) is 19.5 Å². The molecule has 1 rings (SSSR count). The van der Waals surface area contributed by atoms with Crippen LogP contribution in [0.2, 0.25) is 0 Å². The number of nitrogens with one attached hydrogen (secondary N) is 1. The smallest absolute Gasteiger partial charge is 0.255 e. The van der Waals surface area contributed by atoms with Crippen molar-refractivity contribution in [1.29, 1.82) is 5.26 Å². The van der Waals surface area contributed by atoms with Gasteiger partial charge in [-0.1, -0.05) is 0 Å². The highest BCUT2D eigenvalue weighted by Gasteiger charge is 2.23. The maximum atomic E-state index is 12.3. The van der Waals surface area contributed by atoms with E-state index in [-0.39, 0.29) is 12.5 Å². The van der Waals surface area contributed by atoms with Gasteiger partial charge in [0, 0.05) is 6.54 Å². The zero-order valence-corrected chi connectivity index (χ0v) is 12.9. The molecule has 0 fully saturated rings. The average molecular weight is 292 g/mol. The molecule has 0 aliphatic rings. The monoisotopic (exact) mass is 292 g/mol. The summed E-state index contributed by atoms with van der Waals surface area (Å²) in [5, 5.41) is 11.7. The number of amides is 1. The molecule has 6 heteroatoms. The van der Waals surface area contributed by atoms with Crippen molar-refractivity contribution in [2.24, 2.45) is 5.41 Å². The van der Waals surface area contributed by atoms with Crippen LogP contribution in [0, 0.1) is 16.7 Å². The fourth-order valence-electron chi connectivity index (χ4n) is 1.72. The van der Waals surface area contributed by atoms with Gasteiger partial charge < -0.3 is 19.5 Å².